The van der Waals surface area contributed by atoms with Crippen LogP contribution in [-0.2, 0) is 6.42 Å². The summed E-state index contributed by atoms with van der Waals surface area (Å²) < 4.78 is 11.0. The number of rotatable bonds is 4. The van der Waals surface area contributed by atoms with Crippen LogP contribution in [0.5, 0.6) is 11.5 Å². The van der Waals surface area contributed by atoms with Crippen molar-refractivity contribution in [2.24, 2.45) is 0 Å². The number of carbonyl (C=O) groups is 1. The quantitative estimate of drug-likeness (QED) is 0.836. The third kappa shape index (κ3) is 2.37. The summed E-state index contributed by atoms with van der Waals surface area (Å²) in [4.78, 5) is 10.9. The highest BCUT2D eigenvalue weighted by Crippen LogP contribution is 2.41. The van der Waals surface area contributed by atoms with E-state index in [1.54, 1.807) is 6.07 Å². The van der Waals surface area contributed by atoms with Crippen LogP contribution in [0.15, 0.2) is 6.07 Å². The first-order valence-electron chi connectivity index (χ1n) is 5.45. The van der Waals surface area contributed by atoms with Crippen LogP contribution >= 0.6 is 11.6 Å². The van der Waals surface area contributed by atoms with Gasteiger partial charge in [0.15, 0.2) is 17.8 Å². The predicted octanol–water partition coefficient (Wildman–Crippen LogP) is 1.85. The minimum atomic E-state index is 0.0847. The Morgan fingerprint density at radius 2 is 2.06 bits per heavy atom. The first kappa shape index (κ1) is 12.2. The molecule has 1 heterocycles. The van der Waals surface area contributed by atoms with Crippen molar-refractivity contribution in [3.63, 3.8) is 0 Å². The predicted molar refractivity (Wildman–Crippen MR) is 63.2 cm³/mol. The molecule has 0 unspecified atom stereocenters. The summed E-state index contributed by atoms with van der Waals surface area (Å²) in [7, 11) is 0. The highest BCUT2D eigenvalue weighted by atomic mass is 35.5. The first-order valence-corrected chi connectivity index (χ1v) is 5.82. The number of hydrogen-bond acceptors (Lipinski definition) is 4. The van der Waals surface area contributed by atoms with Gasteiger partial charge in [0.2, 0.25) is 0 Å². The number of hydrogen-bond donors (Lipinski definition) is 1. The number of halogens is 1. The van der Waals surface area contributed by atoms with E-state index in [2.05, 4.69) is 0 Å². The normalized spacial score (nSPS) is 13.5. The summed E-state index contributed by atoms with van der Waals surface area (Å²) >= 11 is 6.10. The molecule has 0 aromatic heterocycles. The highest BCUT2D eigenvalue weighted by Gasteiger charge is 2.22. The fraction of sp³-hybridized carbons (Fsp3) is 0.417. The molecule has 4 nitrogen and oxygen atoms in total. The third-order valence-electron chi connectivity index (χ3n) is 2.60. The van der Waals surface area contributed by atoms with Crippen LogP contribution in [0.1, 0.15) is 22.3 Å². The Bertz CT molecular complexity index is 431. The van der Waals surface area contributed by atoms with Gasteiger partial charge in [-0.2, -0.15) is 0 Å². The molecule has 0 radical (unpaired) electrons. The second-order valence-corrected chi connectivity index (χ2v) is 4.13. The Hall–Kier alpha value is -1.26. The second-order valence-electron chi connectivity index (χ2n) is 3.73. The molecule has 0 saturated heterocycles. The number of aliphatic hydroxyl groups is 1. The lowest BCUT2D eigenvalue weighted by molar-refractivity contribution is 0.111. The zero-order valence-electron chi connectivity index (χ0n) is 9.24. The molecule has 5 heteroatoms. The Balaban J connectivity index is 2.47. The Morgan fingerprint density at radius 1 is 1.35 bits per heavy atom. The van der Waals surface area contributed by atoms with Gasteiger partial charge in [-0.3, -0.25) is 4.79 Å². The van der Waals surface area contributed by atoms with E-state index in [0.29, 0.717) is 54.4 Å². The van der Waals surface area contributed by atoms with E-state index in [0.717, 1.165) is 5.56 Å². The summed E-state index contributed by atoms with van der Waals surface area (Å²) in [5, 5.41) is 9.33. The number of carbonyl (C=O) groups excluding carboxylic acids is 1. The van der Waals surface area contributed by atoms with Gasteiger partial charge in [0.1, 0.15) is 13.2 Å². The van der Waals surface area contributed by atoms with E-state index >= 15 is 0 Å². The topological polar surface area (TPSA) is 55.8 Å². The Morgan fingerprint density at radius 3 is 2.71 bits per heavy atom. The van der Waals surface area contributed by atoms with Crippen LogP contribution < -0.4 is 9.47 Å². The molecule has 0 atom stereocenters. The monoisotopic (exact) mass is 256 g/mol. The molecule has 1 aromatic rings. The minimum absolute atomic E-state index is 0.0847. The lowest BCUT2D eigenvalue weighted by Crippen LogP contribution is -2.18. The average molecular weight is 257 g/mol. The van der Waals surface area contributed by atoms with Crippen molar-refractivity contribution in [1.82, 2.24) is 0 Å². The molecule has 0 fully saturated rings. The molecule has 1 aromatic carbocycles. The van der Waals surface area contributed by atoms with Gasteiger partial charge in [-0.15, -0.1) is 0 Å². The van der Waals surface area contributed by atoms with Crippen molar-refractivity contribution >= 4 is 17.9 Å². The molecule has 1 aliphatic rings. The van der Waals surface area contributed by atoms with Crippen LogP contribution in [0.2, 0.25) is 5.02 Å². The lowest BCUT2D eigenvalue weighted by atomic mass is 10.0. The molecular formula is C12H13ClO4. The molecule has 0 amide bonds. The molecule has 0 spiro atoms. The molecule has 0 bridgehead atoms. The van der Waals surface area contributed by atoms with E-state index in [4.69, 9.17) is 26.2 Å². The van der Waals surface area contributed by atoms with Gasteiger partial charge >= 0.3 is 0 Å². The molecule has 1 aliphatic heterocycles. The van der Waals surface area contributed by atoms with Crippen molar-refractivity contribution in [2.45, 2.75) is 12.8 Å². The number of aliphatic hydroxyl groups excluding tert-OH is 1. The molecule has 2 rings (SSSR count). The summed E-state index contributed by atoms with van der Waals surface area (Å²) in [6, 6.07) is 1.58. The maximum atomic E-state index is 10.9. The van der Waals surface area contributed by atoms with Crippen molar-refractivity contribution in [3.05, 3.63) is 22.2 Å². The molecule has 1 N–H and O–H groups in total. The Kier molecular flexibility index (Phi) is 3.86. The van der Waals surface area contributed by atoms with Crippen LogP contribution in [0.25, 0.3) is 0 Å². The van der Waals surface area contributed by atoms with Crippen LogP contribution in [-0.4, -0.2) is 31.2 Å². The summed E-state index contributed by atoms with van der Waals surface area (Å²) in [5.41, 5.74) is 1.19. The van der Waals surface area contributed by atoms with Gasteiger partial charge in [0, 0.05) is 17.2 Å². The van der Waals surface area contributed by atoms with Crippen molar-refractivity contribution in [3.8, 4) is 11.5 Å². The lowest BCUT2D eigenvalue weighted by Gasteiger charge is -2.23. The van der Waals surface area contributed by atoms with Gasteiger partial charge in [0.25, 0.3) is 0 Å². The van der Waals surface area contributed by atoms with Crippen LogP contribution in [0.3, 0.4) is 0 Å². The fourth-order valence-electron chi connectivity index (χ4n) is 1.83. The van der Waals surface area contributed by atoms with Gasteiger partial charge in [-0.05, 0) is 18.9 Å². The van der Waals surface area contributed by atoms with E-state index in [1.807, 2.05) is 0 Å². The maximum Gasteiger partial charge on any atom is 0.172 e. The SMILES string of the molecule is O=Cc1cc(Cl)c(CCCO)c2c1OCCO2. The fourth-order valence-corrected chi connectivity index (χ4v) is 2.13. The molecule has 92 valence electrons. The van der Waals surface area contributed by atoms with Gasteiger partial charge in [-0.1, -0.05) is 11.6 Å². The van der Waals surface area contributed by atoms with Crippen LogP contribution in [0.4, 0.5) is 0 Å². The first-order chi connectivity index (χ1) is 8.27. The molecular weight excluding hydrogens is 244 g/mol. The van der Waals surface area contributed by atoms with E-state index in [9.17, 15) is 4.79 Å². The smallest absolute Gasteiger partial charge is 0.172 e. The maximum absolute atomic E-state index is 10.9. The standard InChI is InChI=1S/C12H13ClO4/c13-10-6-8(7-15)11-12(17-5-4-16-11)9(10)2-1-3-14/h6-7,14H,1-5H2. The average Bonchev–Trinajstić information content (AvgIpc) is 2.37. The second kappa shape index (κ2) is 5.38. The summed E-state index contributed by atoms with van der Waals surface area (Å²) in [6.45, 7) is 0.952. The minimum Gasteiger partial charge on any atom is -0.486 e. The zero-order chi connectivity index (χ0) is 12.3. The number of ether oxygens (including phenoxy) is 2. The van der Waals surface area contributed by atoms with Gasteiger partial charge in [0.05, 0.1) is 5.56 Å². The van der Waals surface area contributed by atoms with E-state index < -0.39 is 0 Å². The number of fused-ring (bicyclic) bond motifs is 1. The number of aldehydes is 1. The zero-order valence-corrected chi connectivity index (χ0v) is 10.00. The van der Waals surface area contributed by atoms with E-state index in [-0.39, 0.29) is 6.61 Å². The molecule has 17 heavy (non-hydrogen) atoms. The molecule has 0 aliphatic carbocycles. The Labute approximate surface area is 104 Å². The third-order valence-corrected chi connectivity index (χ3v) is 2.94. The van der Waals surface area contributed by atoms with Crippen LogP contribution in [0, 0.1) is 0 Å². The summed E-state index contributed by atoms with van der Waals surface area (Å²) in [5.74, 6) is 1.00. The van der Waals surface area contributed by atoms with E-state index in [1.165, 1.54) is 0 Å². The summed E-state index contributed by atoms with van der Waals surface area (Å²) in [6.07, 6.45) is 1.89. The largest absolute Gasteiger partial charge is 0.486 e. The van der Waals surface area contributed by atoms with Gasteiger partial charge < -0.3 is 14.6 Å². The van der Waals surface area contributed by atoms with Crippen molar-refractivity contribution in [1.29, 1.82) is 0 Å². The number of benzene rings is 1. The van der Waals surface area contributed by atoms with Crippen molar-refractivity contribution < 1.29 is 19.4 Å². The van der Waals surface area contributed by atoms with Crippen molar-refractivity contribution in [2.75, 3.05) is 19.8 Å². The highest BCUT2D eigenvalue weighted by molar-refractivity contribution is 6.32. The molecule has 0 saturated carbocycles. The van der Waals surface area contributed by atoms with Gasteiger partial charge in [-0.25, -0.2) is 0 Å².